The van der Waals surface area contributed by atoms with E-state index in [1.54, 1.807) is 50.2 Å². The van der Waals surface area contributed by atoms with Gasteiger partial charge in [0.05, 0.1) is 24.7 Å². The van der Waals surface area contributed by atoms with Gasteiger partial charge in [-0.15, -0.1) is 0 Å². The van der Waals surface area contributed by atoms with Gasteiger partial charge in [0.15, 0.2) is 6.61 Å². The summed E-state index contributed by atoms with van der Waals surface area (Å²) in [7, 11) is -2.31. The first-order valence-corrected chi connectivity index (χ1v) is 11.1. The van der Waals surface area contributed by atoms with Crippen LogP contribution >= 0.6 is 11.6 Å². The van der Waals surface area contributed by atoms with Crippen LogP contribution in [0.1, 0.15) is 11.1 Å². The summed E-state index contributed by atoms with van der Waals surface area (Å²) in [5.74, 6) is -1.11. The summed E-state index contributed by atoms with van der Waals surface area (Å²) in [6, 6.07) is 9.93. The molecule has 0 radical (unpaired) electrons. The zero-order valence-corrected chi connectivity index (χ0v) is 18.6. The van der Waals surface area contributed by atoms with E-state index < -0.39 is 35.1 Å². The van der Waals surface area contributed by atoms with Crippen molar-refractivity contribution in [1.29, 1.82) is 0 Å². The van der Waals surface area contributed by atoms with E-state index in [-0.39, 0.29) is 0 Å². The molecule has 0 atom stereocenters. The van der Waals surface area contributed by atoms with Crippen LogP contribution in [0.2, 0.25) is 5.02 Å². The number of hydrogen-bond acceptors (Lipinski definition) is 6. The number of sulfonamides is 1. The van der Waals surface area contributed by atoms with Crippen LogP contribution in [0.4, 0.5) is 11.4 Å². The molecule has 162 valence electrons. The molecular weight excluding hydrogens is 432 g/mol. The number of benzene rings is 2. The van der Waals surface area contributed by atoms with Crippen molar-refractivity contribution in [2.24, 2.45) is 0 Å². The summed E-state index contributed by atoms with van der Waals surface area (Å²) in [6.07, 6.45) is 0.995. The molecule has 8 nitrogen and oxygen atoms in total. The Kier molecular flexibility index (Phi) is 7.69. The van der Waals surface area contributed by atoms with E-state index in [1.807, 2.05) is 0 Å². The second-order valence-electron chi connectivity index (χ2n) is 6.57. The number of nitrogens with one attached hydrogen (secondary N) is 1. The Morgan fingerprint density at radius 2 is 1.80 bits per heavy atom. The number of halogens is 1. The maximum Gasteiger partial charge on any atom is 0.327 e. The molecule has 0 aliphatic heterocycles. The molecule has 0 heterocycles. The van der Waals surface area contributed by atoms with Gasteiger partial charge in [0.25, 0.3) is 5.91 Å². The number of amides is 1. The predicted molar refractivity (Wildman–Crippen MR) is 116 cm³/mol. The Bertz CT molecular complexity index is 1060. The Balaban J connectivity index is 2.03. The number of carbonyl (C=O) groups excluding carboxylic acids is 2. The molecule has 0 fully saturated rings. The monoisotopic (exact) mass is 454 g/mol. The predicted octanol–water partition coefficient (Wildman–Crippen LogP) is 2.91. The quantitative estimate of drug-likeness (QED) is 0.615. The van der Waals surface area contributed by atoms with Crippen LogP contribution in [0.15, 0.2) is 36.4 Å². The van der Waals surface area contributed by atoms with Crippen molar-refractivity contribution in [2.75, 3.05) is 36.1 Å². The summed E-state index contributed by atoms with van der Waals surface area (Å²) >= 11 is 6.03. The highest BCUT2D eigenvalue weighted by Gasteiger charge is 2.23. The number of rotatable bonds is 8. The maximum atomic E-state index is 12.2. The van der Waals surface area contributed by atoms with Crippen LogP contribution in [0.5, 0.6) is 5.75 Å². The van der Waals surface area contributed by atoms with Crippen molar-refractivity contribution in [3.63, 3.8) is 0 Å². The number of esters is 1. The molecule has 0 aromatic heterocycles. The van der Waals surface area contributed by atoms with Crippen molar-refractivity contribution >= 4 is 44.9 Å². The smallest absolute Gasteiger partial charge is 0.327 e. The molecule has 0 saturated heterocycles. The summed E-state index contributed by atoms with van der Waals surface area (Å²) < 4.78 is 35.4. The number of anilines is 2. The van der Waals surface area contributed by atoms with E-state index in [0.717, 1.165) is 16.1 Å². The van der Waals surface area contributed by atoms with Gasteiger partial charge in [-0.25, -0.2) is 8.42 Å². The van der Waals surface area contributed by atoms with E-state index in [0.29, 0.717) is 27.7 Å². The van der Waals surface area contributed by atoms with Gasteiger partial charge < -0.3 is 14.8 Å². The van der Waals surface area contributed by atoms with E-state index in [1.165, 1.54) is 7.11 Å². The van der Waals surface area contributed by atoms with Crippen LogP contribution < -0.4 is 14.4 Å². The summed E-state index contributed by atoms with van der Waals surface area (Å²) in [5, 5.41) is 3.06. The Morgan fingerprint density at radius 3 is 2.40 bits per heavy atom. The average molecular weight is 455 g/mol. The number of nitrogens with zero attached hydrogens (tertiary/aromatic N) is 1. The van der Waals surface area contributed by atoms with Crippen LogP contribution in [0, 0.1) is 13.8 Å². The molecule has 30 heavy (non-hydrogen) atoms. The fraction of sp³-hybridized carbons (Fsp3) is 0.300. The first-order valence-electron chi connectivity index (χ1n) is 8.86. The normalized spacial score (nSPS) is 11.0. The minimum absolute atomic E-state index is 0.355. The van der Waals surface area contributed by atoms with Gasteiger partial charge in [0, 0.05) is 11.1 Å². The van der Waals surface area contributed by atoms with E-state index in [9.17, 15) is 18.0 Å². The van der Waals surface area contributed by atoms with Gasteiger partial charge in [-0.3, -0.25) is 13.9 Å². The SMILES string of the molecule is COc1cc(Cl)c(C)cc1NC(=O)COC(=O)CN(c1ccccc1C)S(C)(=O)=O. The van der Waals surface area contributed by atoms with Crippen LogP contribution in [-0.2, 0) is 24.3 Å². The number of hydrogen-bond donors (Lipinski definition) is 1. The molecule has 0 spiro atoms. The number of aryl methyl sites for hydroxylation is 2. The molecule has 2 rings (SSSR count). The lowest BCUT2D eigenvalue weighted by atomic mass is 10.2. The minimum atomic E-state index is -3.74. The summed E-state index contributed by atoms with van der Waals surface area (Å²) in [6.45, 7) is 2.35. The second kappa shape index (κ2) is 9.82. The van der Waals surface area contributed by atoms with Crippen LogP contribution in [0.25, 0.3) is 0 Å². The van der Waals surface area contributed by atoms with Crippen molar-refractivity contribution in [1.82, 2.24) is 0 Å². The lowest BCUT2D eigenvalue weighted by Crippen LogP contribution is -2.37. The van der Waals surface area contributed by atoms with Crippen molar-refractivity contribution in [3.8, 4) is 5.75 Å². The highest BCUT2D eigenvalue weighted by atomic mass is 35.5. The molecule has 1 N–H and O–H groups in total. The average Bonchev–Trinajstić information content (AvgIpc) is 2.67. The molecule has 2 aromatic carbocycles. The van der Waals surface area contributed by atoms with Gasteiger partial charge in [0.1, 0.15) is 12.3 Å². The maximum absolute atomic E-state index is 12.2. The van der Waals surface area contributed by atoms with Gasteiger partial charge in [-0.1, -0.05) is 29.8 Å². The minimum Gasteiger partial charge on any atom is -0.495 e. The van der Waals surface area contributed by atoms with Gasteiger partial charge in [-0.05, 0) is 37.1 Å². The number of ether oxygens (including phenoxy) is 2. The fourth-order valence-electron chi connectivity index (χ4n) is 2.65. The highest BCUT2D eigenvalue weighted by molar-refractivity contribution is 7.92. The van der Waals surface area contributed by atoms with Gasteiger partial charge >= 0.3 is 5.97 Å². The largest absolute Gasteiger partial charge is 0.495 e. The third-order valence-electron chi connectivity index (χ3n) is 4.18. The molecule has 10 heteroatoms. The molecule has 0 bridgehead atoms. The Labute approximate surface area is 180 Å². The van der Waals surface area contributed by atoms with E-state index in [4.69, 9.17) is 21.1 Å². The topological polar surface area (TPSA) is 102 Å². The first kappa shape index (κ1) is 23.5. The van der Waals surface area contributed by atoms with Gasteiger partial charge in [0.2, 0.25) is 10.0 Å². The van der Waals surface area contributed by atoms with Crippen LogP contribution in [-0.4, -0.2) is 46.8 Å². The molecular formula is C20H23ClN2O6S. The van der Waals surface area contributed by atoms with Crippen LogP contribution in [0.3, 0.4) is 0 Å². The highest BCUT2D eigenvalue weighted by Crippen LogP contribution is 2.30. The molecule has 0 unspecified atom stereocenters. The van der Waals surface area contributed by atoms with E-state index in [2.05, 4.69) is 5.32 Å². The Morgan fingerprint density at radius 1 is 1.13 bits per heavy atom. The second-order valence-corrected chi connectivity index (χ2v) is 8.88. The number of carbonyl (C=O) groups is 2. The lowest BCUT2D eigenvalue weighted by molar-refractivity contribution is -0.145. The van der Waals surface area contributed by atoms with E-state index >= 15 is 0 Å². The third-order valence-corrected chi connectivity index (χ3v) is 5.71. The fourth-order valence-corrected chi connectivity index (χ4v) is 3.71. The molecule has 0 aliphatic rings. The molecule has 0 aliphatic carbocycles. The zero-order valence-electron chi connectivity index (χ0n) is 17.1. The van der Waals surface area contributed by atoms with Crippen molar-refractivity contribution in [3.05, 3.63) is 52.5 Å². The number of para-hydroxylation sites is 1. The summed E-state index contributed by atoms with van der Waals surface area (Å²) in [4.78, 5) is 24.4. The first-order chi connectivity index (χ1) is 14.0. The molecule has 1 amide bonds. The molecule has 2 aromatic rings. The third kappa shape index (κ3) is 6.11. The molecule has 0 saturated carbocycles. The summed E-state index contributed by atoms with van der Waals surface area (Å²) in [5.41, 5.74) is 2.14. The van der Waals surface area contributed by atoms with Crippen molar-refractivity contribution in [2.45, 2.75) is 13.8 Å². The standard InChI is InChI=1S/C20H23ClN2O6S/c1-13-7-5-6-8-17(13)23(30(4,26)27)11-20(25)29-12-19(24)22-16-9-14(2)15(21)10-18(16)28-3/h5-10H,11-12H2,1-4H3,(H,22,24). The number of methoxy groups -OCH3 is 1. The Hall–Kier alpha value is -2.78. The lowest BCUT2D eigenvalue weighted by Gasteiger charge is -2.23. The van der Waals surface area contributed by atoms with Gasteiger partial charge in [-0.2, -0.15) is 0 Å². The van der Waals surface area contributed by atoms with Crippen molar-refractivity contribution < 1.29 is 27.5 Å². The zero-order chi connectivity index (χ0) is 22.5.